The summed E-state index contributed by atoms with van der Waals surface area (Å²) in [6.07, 6.45) is 4.83. The number of ether oxygens (including phenoxy) is 1. The van der Waals surface area contributed by atoms with E-state index in [1.807, 2.05) is 24.3 Å². The first-order chi connectivity index (χ1) is 17.5. The molecule has 4 rings (SSSR count). The minimum atomic E-state index is -3.51. The van der Waals surface area contributed by atoms with Crippen molar-refractivity contribution >= 4 is 34.2 Å². The van der Waals surface area contributed by atoms with Gasteiger partial charge >= 0.3 is 5.97 Å². The van der Waals surface area contributed by atoms with Gasteiger partial charge in [0.25, 0.3) is 0 Å². The van der Waals surface area contributed by atoms with Crippen molar-refractivity contribution in [1.82, 2.24) is 4.98 Å². The van der Waals surface area contributed by atoms with Crippen molar-refractivity contribution in [2.45, 2.75) is 57.1 Å². The molecule has 1 aromatic heterocycles. The lowest BCUT2D eigenvalue weighted by Gasteiger charge is -2.24. The number of nitrogens with two attached hydrogens (primary N) is 1. The molecule has 0 aliphatic carbocycles. The number of rotatable bonds is 3. The van der Waals surface area contributed by atoms with Crippen LogP contribution in [0.15, 0.2) is 66.7 Å². The van der Waals surface area contributed by atoms with E-state index in [1.54, 1.807) is 13.0 Å². The largest absolute Gasteiger partial charge is 0.459 e. The van der Waals surface area contributed by atoms with Crippen molar-refractivity contribution in [3.8, 4) is 0 Å². The lowest BCUT2D eigenvalue weighted by atomic mass is 9.87. The fraction of sp³-hybridized carbons (Fsp3) is 0.379. The van der Waals surface area contributed by atoms with Gasteiger partial charge in [-0.25, -0.2) is 13.4 Å². The van der Waals surface area contributed by atoms with E-state index in [-0.39, 0.29) is 19.0 Å². The number of halogens is 1. The summed E-state index contributed by atoms with van der Waals surface area (Å²) in [7, 11) is -2.04. The molecule has 1 aliphatic heterocycles. The van der Waals surface area contributed by atoms with E-state index in [1.165, 1.54) is 18.2 Å². The number of anilines is 1. The molecule has 0 saturated carbocycles. The Kier molecular flexibility index (Phi) is 9.57. The highest BCUT2D eigenvalue weighted by Gasteiger charge is 2.31. The number of fused-ring (bicyclic) bond motifs is 4. The molecular weight excluding hydrogens is 522 g/mol. The van der Waals surface area contributed by atoms with Crippen LogP contribution in [0.2, 0.25) is 0 Å². The molecular formula is C29H36ClN3O4S. The number of benzene rings is 2. The van der Waals surface area contributed by atoms with Crippen LogP contribution in [0.3, 0.4) is 0 Å². The zero-order chi connectivity index (χ0) is 26.6. The maximum absolute atomic E-state index is 12.9. The SMILES string of the molecule is CN(c1cc2cc(n1)CCC(c1ccccc1)CCc1cccc(c1)CC(C)(N)C(=O)OC2)S(C)(=O)=O.Cl. The fourth-order valence-electron chi connectivity index (χ4n) is 4.75. The number of sulfonamides is 1. The number of aryl methyl sites for hydroxylation is 2. The van der Waals surface area contributed by atoms with E-state index in [0.29, 0.717) is 30.1 Å². The maximum Gasteiger partial charge on any atom is 0.326 e. The molecule has 2 atom stereocenters. The van der Waals surface area contributed by atoms with E-state index >= 15 is 0 Å². The van der Waals surface area contributed by atoms with E-state index in [4.69, 9.17) is 10.5 Å². The molecule has 0 spiro atoms. The first kappa shape index (κ1) is 29.6. The molecule has 0 fully saturated rings. The van der Waals surface area contributed by atoms with Crippen molar-refractivity contribution in [3.05, 3.63) is 94.7 Å². The van der Waals surface area contributed by atoms with Gasteiger partial charge in [0.05, 0.1) is 6.26 Å². The molecule has 38 heavy (non-hydrogen) atoms. The number of hydrogen-bond acceptors (Lipinski definition) is 6. The Hall–Kier alpha value is -2.94. The monoisotopic (exact) mass is 557 g/mol. The lowest BCUT2D eigenvalue weighted by molar-refractivity contribution is -0.150. The van der Waals surface area contributed by atoms with Crippen molar-refractivity contribution < 1.29 is 17.9 Å². The Bertz CT molecular complexity index is 1360. The van der Waals surface area contributed by atoms with Gasteiger partial charge in [0, 0.05) is 19.2 Å². The van der Waals surface area contributed by atoms with Gasteiger partial charge in [-0.15, -0.1) is 12.4 Å². The van der Waals surface area contributed by atoms with Gasteiger partial charge in [0.15, 0.2) is 0 Å². The Morgan fingerprint density at radius 2 is 1.66 bits per heavy atom. The number of carbonyl (C=O) groups is 1. The van der Waals surface area contributed by atoms with Gasteiger partial charge < -0.3 is 10.5 Å². The summed E-state index contributed by atoms with van der Waals surface area (Å²) in [6.45, 7) is 1.66. The molecule has 0 radical (unpaired) electrons. The van der Waals surface area contributed by atoms with Crippen LogP contribution >= 0.6 is 12.4 Å². The van der Waals surface area contributed by atoms with Crippen LogP contribution in [0.5, 0.6) is 0 Å². The fourth-order valence-corrected chi connectivity index (χ4v) is 5.18. The van der Waals surface area contributed by atoms with E-state index in [0.717, 1.165) is 41.1 Å². The number of cyclic esters (lactones) is 1. The third-order valence-corrected chi connectivity index (χ3v) is 8.13. The molecule has 7 nitrogen and oxygen atoms in total. The van der Waals surface area contributed by atoms with Gasteiger partial charge in [0.1, 0.15) is 18.0 Å². The third kappa shape index (κ3) is 7.56. The van der Waals surface area contributed by atoms with Crippen LogP contribution in [0.1, 0.15) is 53.6 Å². The third-order valence-electron chi connectivity index (χ3n) is 6.95. The van der Waals surface area contributed by atoms with Crippen LogP contribution in [-0.2, 0) is 45.4 Å². The maximum atomic E-state index is 12.9. The number of carbonyl (C=O) groups excluding carboxylic acids is 1. The highest BCUT2D eigenvalue weighted by molar-refractivity contribution is 7.92. The summed E-state index contributed by atoms with van der Waals surface area (Å²) in [5.74, 6) is 0.0938. The number of aromatic nitrogens is 1. The summed E-state index contributed by atoms with van der Waals surface area (Å²) >= 11 is 0. The van der Waals surface area contributed by atoms with E-state index < -0.39 is 21.5 Å². The van der Waals surface area contributed by atoms with Crippen molar-refractivity contribution in [1.29, 1.82) is 0 Å². The predicted octanol–water partition coefficient (Wildman–Crippen LogP) is 4.57. The highest BCUT2D eigenvalue weighted by Crippen LogP contribution is 2.29. The Labute approximate surface area is 231 Å². The molecule has 2 aromatic carbocycles. The van der Waals surface area contributed by atoms with Crippen molar-refractivity contribution in [2.75, 3.05) is 17.6 Å². The van der Waals surface area contributed by atoms with Crippen LogP contribution in [0, 0.1) is 0 Å². The summed E-state index contributed by atoms with van der Waals surface area (Å²) in [5.41, 5.74) is 10.1. The minimum absolute atomic E-state index is 0. The lowest BCUT2D eigenvalue weighted by Crippen LogP contribution is -2.48. The van der Waals surface area contributed by atoms with Gasteiger partial charge in [-0.3, -0.25) is 9.10 Å². The normalized spacial score (nSPS) is 20.6. The van der Waals surface area contributed by atoms with Crippen LogP contribution in [0.25, 0.3) is 0 Å². The topological polar surface area (TPSA) is 103 Å². The average molecular weight is 558 g/mol. The van der Waals surface area contributed by atoms with Crippen molar-refractivity contribution in [3.63, 3.8) is 0 Å². The number of hydrogen-bond donors (Lipinski definition) is 1. The molecule has 2 heterocycles. The molecule has 4 bridgehead atoms. The highest BCUT2D eigenvalue weighted by atomic mass is 35.5. The number of esters is 1. The van der Waals surface area contributed by atoms with Gasteiger partial charge in [-0.1, -0.05) is 54.6 Å². The average Bonchev–Trinajstić information content (AvgIpc) is 2.86. The summed E-state index contributed by atoms with van der Waals surface area (Å²) in [5, 5.41) is 0. The van der Waals surface area contributed by atoms with E-state index in [2.05, 4.69) is 41.4 Å². The molecule has 2 unspecified atom stereocenters. The predicted molar refractivity (Wildman–Crippen MR) is 153 cm³/mol. The summed E-state index contributed by atoms with van der Waals surface area (Å²) in [6, 6.07) is 22.2. The van der Waals surface area contributed by atoms with Crippen LogP contribution in [-0.4, -0.2) is 38.2 Å². The summed E-state index contributed by atoms with van der Waals surface area (Å²) in [4.78, 5) is 17.6. The number of nitrogens with zero attached hydrogens (tertiary/aromatic N) is 2. The Morgan fingerprint density at radius 1 is 0.974 bits per heavy atom. The zero-order valence-electron chi connectivity index (χ0n) is 22.1. The quantitative estimate of drug-likeness (QED) is 0.473. The number of pyridine rings is 1. The minimum Gasteiger partial charge on any atom is -0.459 e. The molecule has 0 amide bonds. The van der Waals surface area contributed by atoms with Gasteiger partial charge in [-0.05, 0) is 72.9 Å². The van der Waals surface area contributed by atoms with Crippen LogP contribution in [0.4, 0.5) is 5.82 Å². The molecule has 0 saturated heterocycles. The second-order valence-corrected chi connectivity index (χ2v) is 12.2. The Morgan fingerprint density at radius 3 is 2.37 bits per heavy atom. The standard InChI is InChI=1S/C29H35N3O4S.ClH/c1-29(30)19-22-9-7-8-21(16-22)12-13-25(24-10-5-4-6-11-24)14-15-26-17-23(20-36-28(29)33)18-27(31-26)32(2)37(3,34)35;/h4-11,16-18,25H,12-15,19-20,30H2,1-3H3;1H. The second-order valence-electron chi connectivity index (χ2n) is 10.2. The molecule has 2 N–H and O–H groups in total. The molecule has 3 aromatic rings. The first-order valence-corrected chi connectivity index (χ1v) is 14.4. The molecule has 1 aliphatic rings. The van der Waals surface area contributed by atoms with Gasteiger partial charge in [0.2, 0.25) is 10.0 Å². The Balaban J connectivity index is 0.00000400. The first-order valence-electron chi connectivity index (χ1n) is 12.5. The van der Waals surface area contributed by atoms with Gasteiger partial charge in [-0.2, -0.15) is 0 Å². The smallest absolute Gasteiger partial charge is 0.326 e. The molecule has 204 valence electrons. The second kappa shape index (κ2) is 12.3. The van der Waals surface area contributed by atoms with Crippen LogP contribution < -0.4 is 10.0 Å². The van der Waals surface area contributed by atoms with E-state index in [9.17, 15) is 13.2 Å². The molecule has 9 heteroatoms. The zero-order valence-corrected chi connectivity index (χ0v) is 23.7. The summed E-state index contributed by atoms with van der Waals surface area (Å²) < 4.78 is 31.2. The van der Waals surface area contributed by atoms with Crippen molar-refractivity contribution in [2.24, 2.45) is 5.73 Å².